The van der Waals surface area contributed by atoms with Crippen molar-refractivity contribution in [2.75, 3.05) is 13.2 Å². The predicted molar refractivity (Wildman–Crippen MR) is 261 cm³/mol. The third-order valence-corrected chi connectivity index (χ3v) is 10.6. The molecule has 67 heavy (non-hydrogen) atoms. The first-order chi connectivity index (χ1) is 31.9. The summed E-state index contributed by atoms with van der Waals surface area (Å²) in [7, 11) is 14.8. The Kier molecular flexibility index (Phi) is 20.9. The molecule has 1 aliphatic rings. The molecule has 10 aromatic rings. The summed E-state index contributed by atoms with van der Waals surface area (Å²) in [6.45, 7) is 6.55. The maximum atomic E-state index is 4.94. The molecule has 0 bridgehead atoms. The second-order valence-corrected chi connectivity index (χ2v) is 21.9. The van der Waals surface area contributed by atoms with Crippen LogP contribution in [0.4, 0.5) is 0 Å². The quantitative estimate of drug-likeness (QED) is 0.0958. The molecule has 0 atom stereocenters. The van der Waals surface area contributed by atoms with Crippen molar-refractivity contribution in [2.45, 2.75) is 52.1 Å². The molecular formula is C50H50Cl3Cr3N10O+. The predicted octanol–water partition coefficient (Wildman–Crippen LogP) is 12.1. The Labute approximate surface area is 428 Å². The molecular weight excluding hydrogens is 1020 g/mol. The standard InChI is InChI=1S/2C23H21N5.C4H8O.3ClH.3Cr/c2*1-2-8-17(9-3-1)14-28(15-22-24-18-10-4-5-11-19(18)25-22)16-23-26-20-12-6-7-13-21(20)27-23;1-2-4-5-3-1;;;;;;/h2*1-13H,14-16H2,(H,24,25)(H,26,27);1-4H2;3*1H;;;/q;;;;;;;;+4/p-3. The van der Waals surface area contributed by atoms with Crippen LogP contribution in [0.15, 0.2) is 158 Å². The van der Waals surface area contributed by atoms with Gasteiger partial charge in [0, 0.05) is 61.0 Å². The number of aromatic nitrogens is 8. The minimum Gasteiger partial charge on any atom is -0.341 e. The van der Waals surface area contributed by atoms with Crippen molar-refractivity contribution in [3.8, 4) is 0 Å². The Morgan fingerprint density at radius 3 is 0.881 bits per heavy atom. The van der Waals surface area contributed by atoms with Crippen LogP contribution >= 0.6 is 30.1 Å². The zero-order valence-electron chi connectivity index (χ0n) is 36.5. The summed E-state index contributed by atoms with van der Waals surface area (Å²) in [5.41, 5.74) is 10.8. The van der Waals surface area contributed by atoms with Crippen molar-refractivity contribution in [2.24, 2.45) is 0 Å². The Bertz CT molecular complexity index is 2490. The molecule has 11 nitrogen and oxygen atoms in total. The van der Waals surface area contributed by atoms with Crippen LogP contribution in [0, 0.1) is 0 Å². The Hall–Kier alpha value is -4.45. The number of ether oxygens (including phenoxy) is 1. The van der Waals surface area contributed by atoms with Gasteiger partial charge in [-0.3, -0.25) is 9.80 Å². The number of benzene rings is 6. The smallest absolute Gasteiger partial charge is 0.121 e. The zero-order chi connectivity index (χ0) is 44.6. The van der Waals surface area contributed by atoms with Crippen LogP contribution in [0.3, 0.4) is 0 Å². The van der Waals surface area contributed by atoms with E-state index in [-0.39, 0.29) is 34.7 Å². The molecule has 11 rings (SSSR count). The summed E-state index contributed by atoms with van der Waals surface area (Å²) in [4.78, 5) is 37.5. The molecule has 0 aliphatic carbocycles. The number of aromatic amines is 4. The number of H-pyrrole nitrogens is 4. The van der Waals surface area contributed by atoms with Crippen LogP contribution in [0.25, 0.3) is 44.1 Å². The van der Waals surface area contributed by atoms with Crippen molar-refractivity contribution in [1.82, 2.24) is 49.7 Å². The molecule has 4 N–H and O–H groups in total. The van der Waals surface area contributed by atoms with Crippen LogP contribution in [-0.2, 0) is 90.1 Å². The number of imidazole rings is 4. The number of rotatable bonds is 12. The van der Waals surface area contributed by atoms with Crippen molar-refractivity contribution in [3.63, 3.8) is 0 Å². The van der Waals surface area contributed by atoms with Gasteiger partial charge in [0.2, 0.25) is 0 Å². The topological polar surface area (TPSA) is 130 Å². The van der Waals surface area contributed by atoms with E-state index < -0.39 is 11.4 Å². The Morgan fingerprint density at radius 2 is 0.642 bits per heavy atom. The molecule has 4 aromatic heterocycles. The van der Waals surface area contributed by atoms with E-state index in [1.54, 1.807) is 0 Å². The van der Waals surface area contributed by atoms with Crippen LogP contribution in [0.1, 0.15) is 47.3 Å². The van der Waals surface area contributed by atoms with Crippen molar-refractivity contribution in [1.29, 1.82) is 0 Å². The van der Waals surface area contributed by atoms with Crippen molar-refractivity contribution < 1.29 is 50.8 Å². The molecule has 0 radical (unpaired) electrons. The molecule has 0 saturated carbocycles. The number of nitrogens with zero attached hydrogens (tertiary/aromatic N) is 6. The van der Waals surface area contributed by atoms with Gasteiger partial charge in [0.05, 0.1) is 70.3 Å². The normalized spacial score (nSPS) is 12.0. The molecule has 6 aromatic carbocycles. The maximum absolute atomic E-state index is 4.94. The first-order valence-electron chi connectivity index (χ1n) is 21.5. The molecule has 17 heteroatoms. The largest absolute Gasteiger partial charge is 0.341 e. The molecule has 5 heterocycles. The summed E-state index contributed by atoms with van der Waals surface area (Å²) in [5.74, 6) is 3.86. The van der Waals surface area contributed by atoms with Gasteiger partial charge < -0.3 is 24.7 Å². The average Bonchev–Trinajstić information content (AvgIpc) is 4.18. The van der Waals surface area contributed by atoms with Crippen LogP contribution in [0.2, 0.25) is 0 Å². The number of para-hydroxylation sites is 8. The van der Waals surface area contributed by atoms with Gasteiger partial charge in [-0.25, -0.2) is 19.9 Å². The summed E-state index contributed by atoms with van der Waals surface area (Å²) in [6, 6.07) is 53.6. The van der Waals surface area contributed by atoms with E-state index in [1.807, 2.05) is 84.9 Å². The molecule has 1 fully saturated rings. The second kappa shape index (κ2) is 26.9. The molecule has 0 amide bonds. The van der Waals surface area contributed by atoms with E-state index in [9.17, 15) is 0 Å². The minimum absolute atomic E-state index is 0. The van der Waals surface area contributed by atoms with E-state index in [4.69, 9.17) is 54.8 Å². The van der Waals surface area contributed by atoms with Gasteiger partial charge in [-0.15, -0.1) is 0 Å². The Balaban J connectivity index is 0.000000182. The number of hydrogen-bond donors (Lipinski definition) is 4. The SMILES string of the molecule is C1CCOC1.[Cl][Cr+]([Cl])[Cl].[Cr].[Cr].c1ccc(CN(Cc2nc3ccccc3[nH]2)Cc2nc3ccccc3[nH]2)cc1.c1ccc(CN(Cc2nc3ccccc3[nH]2)Cc2nc3ccccc3[nH]2)cc1. The van der Waals surface area contributed by atoms with E-state index in [0.29, 0.717) is 0 Å². The van der Waals surface area contributed by atoms with Crippen LogP contribution < -0.4 is 0 Å². The fourth-order valence-corrected chi connectivity index (χ4v) is 7.70. The van der Waals surface area contributed by atoms with Crippen LogP contribution in [-0.4, -0.2) is 62.9 Å². The number of halogens is 3. The molecule has 1 aliphatic heterocycles. The van der Waals surface area contributed by atoms with Gasteiger partial charge in [-0.1, -0.05) is 109 Å². The van der Waals surface area contributed by atoms with Crippen molar-refractivity contribution >= 4 is 74.3 Å². The van der Waals surface area contributed by atoms with E-state index in [1.165, 1.54) is 24.0 Å². The third-order valence-electron chi connectivity index (χ3n) is 10.6. The van der Waals surface area contributed by atoms with Gasteiger partial charge in [0.1, 0.15) is 23.3 Å². The second-order valence-electron chi connectivity index (χ2n) is 15.6. The average molecular weight is 1070 g/mol. The van der Waals surface area contributed by atoms with Crippen molar-refractivity contribution in [3.05, 3.63) is 192 Å². The summed E-state index contributed by atoms with van der Waals surface area (Å²) in [6.07, 6.45) is 2.56. The zero-order valence-corrected chi connectivity index (χ0v) is 42.6. The summed E-state index contributed by atoms with van der Waals surface area (Å²) in [5, 5.41) is 0. The summed E-state index contributed by atoms with van der Waals surface area (Å²) < 4.78 is 4.94. The van der Waals surface area contributed by atoms with Gasteiger partial charge in [-0.2, -0.15) is 0 Å². The molecule has 0 spiro atoms. The van der Waals surface area contributed by atoms with E-state index in [0.717, 1.165) is 120 Å². The summed E-state index contributed by atoms with van der Waals surface area (Å²) >= 11 is -1.62. The maximum Gasteiger partial charge on any atom is 0.121 e. The first kappa shape index (κ1) is 51.9. The minimum atomic E-state index is -1.62. The fraction of sp³-hybridized carbons (Fsp3) is 0.200. The molecule has 0 unspecified atom stereocenters. The Morgan fingerprint density at radius 1 is 0.388 bits per heavy atom. The first-order valence-corrected chi connectivity index (χ1v) is 26.7. The van der Waals surface area contributed by atoms with Gasteiger partial charge in [-0.05, 0) is 72.5 Å². The third kappa shape index (κ3) is 16.1. The monoisotopic (exact) mass is 1070 g/mol. The van der Waals surface area contributed by atoms with Gasteiger partial charge in [0.25, 0.3) is 0 Å². The molecule has 1 saturated heterocycles. The fourth-order valence-electron chi connectivity index (χ4n) is 7.70. The molecule has 344 valence electrons. The number of fused-ring (bicyclic) bond motifs is 4. The van der Waals surface area contributed by atoms with E-state index in [2.05, 4.69) is 103 Å². The van der Waals surface area contributed by atoms with Crippen LogP contribution in [0.5, 0.6) is 0 Å². The number of nitrogens with one attached hydrogen (secondary N) is 4. The van der Waals surface area contributed by atoms with E-state index >= 15 is 0 Å². The van der Waals surface area contributed by atoms with Gasteiger partial charge in [0.15, 0.2) is 0 Å². The van der Waals surface area contributed by atoms with Gasteiger partial charge >= 0.3 is 41.5 Å². The number of hydrogen-bond acceptors (Lipinski definition) is 7.